The quantitative estimate of drug-likeness (QED) is 0.895. The fourth-order valence-electron chi connectivity index (χ4n) is 3.04. The van der Waals surface area contributed by atoms with Gasteiger partial charge in [-0.15, -0.1) is 0 Å². The highest BCUT2D eigenvalue weighted by Gasteiger charge is 2.29. The van der Waals surface area contributed by atoms with E-state index in [1.54, 1.807) is 10.9 Å². The molecule has 0 unspecified atom stereocenters. The van der Waals surface area contributed by atoms with Crippen molar-refractivity contribution >= 4 is 15.7 Å². The van der Waals surface area contributed by atoms with E-state index in [0.717, 1.165) is 11.3 Å². The van der Waals surface area contributed by atoms with Crippen LogP contribution >= 0.6 is 0 Å². The lowest BCUT2D eigenvalue weighted by molar-refractivity contribution is -0.122. The van der Waals surface area contributed by atoms with Crippen molar-refractivity contribution in [3.8, 4) is 5.69 Å². The zero-order chi connectivity index (χ0) is 17.2. The maximum atomic E-state index is 12.2. The zero-order valence-electron chi connectivity index (χ0n) is 13.6. The van der Waals surface area contributed by atoms with Crippen molar-refractivity contribution in [2.24, 2.45) is 5.92 Å². The SMILES string of the molecule is C[C@@H](NC(=O)C[C@@H]1CCS(=O)(=O)C1)c1cccc(-n2cccn2)c1. The van der Waals surface area contributed by atoms with Gasteiger partial charge in [0.25, 0.3) is 0 Å². The summed E-state index contributed by atoms with van der Waals surface area (Å²) in [5, 5.41) is 7.16. The number of carbonyl (C=O) groups is 1. The molecule has 0 spiro atoms. The fraction of sp³-hybridized carbons (Fsp3) is 0.412. The van der Waals surface area contributed by atoms with Gasteiger partial charge in [0, 0.05) is 18.8 Å². The molecule has 0 saturated carbocycles. The molecule has 0 aliphatic carbocycles. The van der Waals surface area contributed by atoms with Crippen LogP contribution in [0.5, 0.6) is 0 Å². The number of carbonyl (C=O) groups excluding carboxylic acids is 1. The summed E-state index contributed by atoms with van der Waals surface area (Å²) in [6.45, 7) is 1.92. The summed E-state index contributed by atoms with van der Waals surface area (Å²) in [6.07, 6.45) is 4.43. The molecule has 0 radical (unpaired) electrons. The number of rotatable bonds is 5. The first kappa shape index (κ1) is 16.7. The molecule has 1 aromatic heterocycles. The van der Waals surface area contributed by atoms with Crippen molar-refractivity contribution in [3.63, 3.8) is 0 Å². The van der Waals surface area contributed by atoms with Gasteiger partial charge in [0.05, 0.1) is 23.2 Å². The van der Waals surface area contributed by atoms with Crippen LogP contribution < -0.4 is 5.32 Å². The zero-order valence-corrected chi connectivity index (χ0v) is 14.4. The number of nitrogens with one attached hydrogen (secondary N) is 1. The van der Waals surface area contributed by atoms with Crippen molar-refractivity contribution in [3.05, 3.63) is 48.3 Å². The van der Waals surface area contributed by atoms with E-state index >= 15 is 0 Å². The third kappa shape index (κ3) is 4.03. The minimum Gasteiger partial charge on any atom is -0.350 e. The molecule has 24 heavy (non-hydrogen) atoms. The smallest absolute Gasteiger partial charge is 0.220 e. The molecular weight excluding hydrogens is 326 g/mol. The Morgan fingerprint density at radius 3 is 2.92 bits per heavy atom. The average Bonchev–Trinajstić information content (AvgIpc) is 3.17. The number of aromatic nitrogens is 2. The van der Waals surface area contributed by atoms with Gasteiger partial charge in [-0.1, -0.05) is 12.1 Å². The van der Waals surface area contributed by atoms with Crippen LogP contribution in [0.15, 0.2) is 42.7 Å². The number of amides is 1. The van der Waals surface area contributed by atoms with Gasteiger partial charge >= 0.3 is 0 Å². The second kappa shape index (κ2) is 6.76. The van der Waals surface area contributed by atoms with Gasteiger partial charge in [0.15, 0.2) is 9.84 Å². The Morgan fingerprint density at radius 2 is 2.25 bits per heavy atom. The predicted molar refractivity (Wildman–Crippen MR) is 91.5 cm³/mol. The topological polar surface area (TPSA) is 81.1 Å². The number of sulfone groups is 1. The Kier molecular flexibility index (Phi) is 4.71. The van der Waals surface area contributed by atoms with Crippen molar-refractivity contribution in [1.82, 2.24) is 15.1 Å². The van der Waals surface area contributed by atoms with Gasteiger partial charge in [-0.25, -0.2) is 13.1 Å². The van der Waals surface area contributed by atoms with E-state index in [-0.39, 0.29) is 35.8 Å². The lowest BCUT2D eigenvalue weighted by Crippen LogP contribution is -2.28. The molecule has 7 heteroatoms. The highest BCUT2D eigenvalue weighted by atomic mass is 32.2. The van der Waals surface area contributed by atoms with Crippen LogP contribution in [0.3, 0.4) is 0 Å². The normalized spacial score (nSPS) is 20.6. The Morgan fingerprint density at radius 1 is 1.42 bits per heavy atom. The average molecular weight is 347 g/mol. The van der Waals surface area contributed by atoms with E-state index in [1.807, 2.05) is 43.5 Å². The van der Waals surface area contributed by atoms with Gasteiger partial charge in [0.2, 0.25) is 5.91 Å². The molecule has 1 N–H and O–H groups in total. The van der Waals surface area contributed by atoms with Crippen LogP contribution in [0.25, 0.3) is 5.69 Å². The van der Waals surface area contributed by atoms with E-state index in [2.05, 4.69) is 10.4 Å². The predicted octanol–water partition coefficient (Wildman–Crippen LogP) is 1.87. The first-order chi connectivity index (χ1) is 11.4. The van der Waals surface area contributed by atoms with Crippen LogP contribution in [-0.2, 0) is 14.6 Å². The summed E-state index contributed by atoms with van der Waals surface area (Å²) < 4.78 is 24.7. The van der Waals surface area contributed by atoms with Gasteiger partial charge in [-0.2, -0.15) is 5.10 Å². The number of hydrogen-bond donors (Lipinski definition) is 1. The molecule has 2 heterocycles. The second-order valence-electron chi connectivity index (χ2n) is 6.31. The molecule has 1 amide bonds. The third-order valence-corrected chi connectivity index (χ3v) is 6.15. The monoisotopic (exact) mass is 347 g/mol. The lowest BCUT2D eigenvalue weighted by Gasteiger charge is -2.16. The number of benzene rings is 1. The van der Waals surface area contributed by atoms with E-state index in [0.29, 0.717) is 6.42 Å². The summed E-state index contributed by atoms with van der Waals surface area (Å²) in [7, 11) is -2.94. The minimum absolute atomic E-state index is 0.0578. The molecule has 2 aromatic rings. The van der Waals surface area contributed by atoms with Gasteiger partial charge < -0.3 is 5.32 Å². The van der Waals surface area contributed by atoms with Crippen LogP contribution in [-0.4, -0.2) is 35.6 Å². The highest BCUT2D eigenvalue weighted by Crippen LogP contribution is 2.22. The highest BCUT2D eigenvalue weighted by molar-refractivity contribution is 7.91. The summed E-state index contributed by atoms with van der Waals surface area (Å²) >= 11 is 0. The van der Waals surface area contributed by atoms with E-state index < -0.39 is 9.84 Å². The van der Waals surface area contributed by atoms with Crippen LogP contribution in [0.2, 0.25) is 0 Å². The van der Waals surface area contributed by atoms with Gasteiger partial charge in [-0.3, -0.25) is 4.79 Å². The molecule has 1 aliphatic heterocycles. The Labute approximate surface area is 141 Å². The Hall–Kier alpha value is -2.15. The van der Waals surface area contributed by atoms with E-state index in [1.165, 1.54) is 0 Å². The summed E-state index contributed by atoms with van der Waals surface area (Å²) in [4.78, 5) is 12.2. The molecule has 3 rings (SSSR count). The second-order valence-corrected chi connectivity index (χ2v) is 8.54. The standard InChI is InChI=1S/C17H21N3O3S/c1-13(19-17(21)10-14-6-9-24(22,23)12-14)15-4-2-5-16(11-15)20-8-3-7-18-20/h2-5,7-8,11,13-14H,6,9-10,12H2,1H3,(H,19,21)/t13-,14+/m1/s1. The Bertz CT molecular complexity index is 815. The fourth-order valence-corrected chi connectivity index (χ4v) is 4.90. The summed E-state index contributed by atoms with van der Waals surface area (Å²) in [5.74, 6) is 0.169. The molecular formula is C17H21N3O3S. The van der Waals surface area contributed by atoms with Crippen LogP contribution in [0.1, 0.15) is 31.4 Å². The largest absolute Gasteiger partial charge is 0.350 e. The molecule has 6 nitrogen and oxygen atoms in total. The van der Waals surface area contributed by atoms with Crippen LogP contribution in [0, 0.1) is 5.92 Å². The molecule has 1 aliphatic rings. The van der Waals surface area contributed by atoms with Crippen LogP contribution in [0.4, 0.5) is 0 Å². The lowest BCUT2D eigenvalue weighted by atomic mass is 10.0. The Balaban J connectivity index is 1.61. The summed E-state index contributed by atoms with van der Waals surface area (Å²) in [5.41, 5.74) is 1.91. The third-order valence-electron chi connectivity index (χ3n) is 4.32. The molecule has 1 fully saturated rings. The van der Waals surface area contributed by atoms with Crippen molar-refractivity contribution in [1.29, 1.82) is 0 Å². The molecule has 128 valence electrons. The molecule has 1 aromatic carbocycles. The van der Waals surface area contributed by atoms with E-state index in [4.69, 9.17) is 0 Å². The molecule has 2 atom stereocenters. The van der Waals surface area contributed by atoms with Gasteiger partial charge in [-0.05, 0) is 43.0 Å². The van der Waals surface area contributed by atoms with E-state index in [9.17, 15) is 13.2 Å². The first-order valence-corrected chi connectivity index (χ1v) is 9.85. The van der Waals surface area contributed by atoms with Crippen molar-refractivity contribution in [2.45, 2.75) is 25.8 Å². The number of nitrogens with zero attached hydrogens (tertiary/aromatic N) is 2. The minimum atomic E-state index is -2.94. The number of hydrogen-bond acceptors (Lipinski definition) is 4. The van der Waals surface area contributed by atoms with Crippen molar-refractivity contribution in [2.75, 3.05) is 11.5 Å². The molecule has 1 saturated heterocycles. The maximum absolute atomic E-state index is 12.2. The first-order valence-electron chi connectivity index (χ1n) is 8.03. The molecule has 0 bridgehead atoms. The van der Waals surface area contributed by atoms with Crippen molar-refractivity contribution < 1.29 is 13.2 Å². The maximum Gasteiger partial charge on any atom is 0.220 e. The van der Waals surface area contributed by atoms with Gasteiger partial charge in [0.1, 0.15) is 0 Å². The summed E-state index contributed by atoms with van der Waals surface area (Å²) in [6, 6.07) is 9.53.